The van der Waals surface area contributed by atoms with Crippen molar-refractivity contribution < 1.29 is 4.79 Å². The Kier molecular flexibility index (Phi) is 3.60. The van der Waals surface area contributed by atoms with Gasteiger partial charge >= 0.3 is 0 Å². The lowest BCUT2D eigenvalue weighted by atomic mass is 9.97. The van der Waals surface area contributed by atoms with Gasteiger partial charge in [-0.05, 0) is 23.6 Å². The first-order chi connectivity index (χ1) is 7.74. The zero-order valence-corrected chi connectivity index (χ0v) is 9.61. The van der Waals surface area contributed by atoms with Crippen LogP contribution in [0.1, 0.15) is 37.7 Å². The second-order valence-electron chi connectivity index (χ2n) is 4.82. The van der Waals surface area contributed by atoms with Gasteiger partial charge in [0.1, 0.15) is 5.78 Å². The van der Waals surface area contributed by atoms with Crippen LogP contribution in [0.25, 0.3) is 0 Å². The maximum absolute atomic E-state index is 11.8. The van der Waals surface area contributed by atoms with E-state index in [9.17, 15) is 4.79 Å². The molecule has 0 unspecified atom stereocenters. The fourth-order valence-electron chi connectivity index (χ4n) is 2.54. The van der Waals surface area contributed by atoms with E-state index in [0.29, 0.717) is 18.1 Å². The minimum absolute atomic E-state index is 0.359. The number of hydrogen-bond acceptors (Lipinski definition) is 2. The van der Waals surface area contributed by atoms with Crippen LogP contribution in [-0.4, -0.2) is 5.78 Å². The van der Waals surface area contributed by atoms with Crippen molar-refractivity contribution in [3.05, 3.63) is 29.8 Å². The SMILES string of the molecule is Nc1cccc(CC(=O)CC2CCCC2)c1. The van der Waals surface area contributed by atoms with Gasteiger partial charge in [0, 0.05) is 18.5 Å². The number of nitrogen functional groups attached to an aromatic ring is 1. The first kappa shape index (κ1) is 11.2. The summed E-state index contributed by atoms with van der Waals surface area (Å²) in [6.07, 6.45) is 6.38. The first-order valence-corrected chi connectivity index (χ1v) is 6.10. The smallest absolute Gasteiger partial charge is 0.137 e. The molecule has 0 saturated heterocycles. The third-order valence-electron chi connectivity index (χ3n) is 3.34. The number of carbonyl (C=O) groups excluding carboxylic acids is 1. The topological polar surface area (TPSA) is 43.1 Å². The molecule has 0 spiro atoms. The predicted molar refractivity (Wildman–Crippen MR) is 66.1 cm³/mol. The Morgan fingerprint density at radius 2 is 2.06 bits per heavy atom. The fraction of sp³-hybridized carbons (Fsp3) is 0.500. The van der Waals surface area contributed by atoms with Gasteiger partial charge in [0.15, 0.2) is 0 Å². The van der Waals surface area contributed by atoms with E-state index in [1.807, 2.05) is 24.3 Å². The summed E-state index contributed by atoms with van der Waals surface area (Å²) >= 11 is 0. The standard InChI is InChI=1S/C14H19NO/c15-13-7-3-6-12(8-13)10-14(16)9-11-4-1-2-5-11/h3,6-8,11H,1-2,4-5,9-10,15H2. The number of anilines is 1. The molecule has 1 fully saturated rings. The van der Waals surface area contributed by atoms with Crippen LogP contribution in [0.5, 0.6) is 0 Å². The van der Waals surface area contributed by atoms with Crippen molar-refractivity contribution >= 4 is 11.5 Å². The van der Waals surface area contributed by atoms with Gasteiger partial charge in [-0.3, -0.25) is 4.79 Å². The minimum Gasteiger partial charge on any atom is -0.399 e. The summed E-state index contributed by atoms with van der Waals surface area (Å²) in [5, 5.41) is 0. The number of nitrogens with two attached hydrogens (primary N) is 1. The molecule has 16 heavy (non-hydrogen) atoms. The normalized spacial score (nSPS) is 16.5. The summed E-state index contributed by atoms with van der Waals surface area (Å²) in [6.45, 7) is 0. The van der Waals surface area contributed by atoms with E-state index in [0.717, 1.165) is 17.7 Å². The van der Waals surface area contributed by atoms with Gasteiger partial charge < -0.3 is 5.73 Å². The number of ketones is 1. The summed E-state index contributed by atoms with van der Waals surface area (Å²) in [6, 6.07) is 7.63. The molecule has 2 heteroatoms. The second kappa shape index (κ2) is 5.15. The Labute approximate surface area is 96.8 Å². The lowest BCUT2D eigenvalue weighted by Gasteiger charge is -2.07. The molecule has 0 bridgehead atoms. The van der Waals surface area contributed by atoms with Crippen LogP contribution in [0.3, 0.4) is 0 Å². The Morgan fingerprint density at radius 3 is 2.75 bits per heavy atom. The van der Waals surface area contributed by atoms with Gasteiger partial charge in [-0.1, -0.05) is 37.8 Å². The van der Waals surface area contributed by atoms with Crippen LogP contribution < -0.4 is 5.73 Å². The highest BCUT2D eigenvalue weighted by Gasteiger charge is 2.18. The second-order valence-corrected chi connectivity index (χ2v) is 4.82. The maximum Gasteiger partial charge on any atom is 0.137 e. The molecule has 1 aromatic rings. The summed E-state index contributed by atoms with van der Waals surface area (Å²) in [4.78, 5) is 11.8. The van der Waals surface area contributed by atoms with Crippen LogP contribution in [-0.2, 0) is 11.2 Å². The van der Waals surface area contributed by atoms with E-state index < -0.39 is 0 Å². The molecule has 0 aliphatic heterocycles. The fourth-order valence-corrected chi connectivity index (χ4v) is 2.54. The summed E-state index contributed by atoms with van der Waals surface area (Å²) in [7, 11) is 0. The van der Waals surface area contributed by atoms with Crippen molar-refractivity contribution in [1.29, 1.82) is 0 Å². The molecule has 0 radical (unpaired) electrons. The average molecular weight is 217 g/mol. The molecular formula is C14H19NO. The molecule has 2 nitrogen and oxygen atoms in total. The predicted octanol–water partition coefficient (Wildman–Crippen LogP) is 2.96. The van der Waals surface area contributed by atoms with Crippen LogP contribution >= 0.6 is 0 Å². The van der Waals surface area contributed by atoms with Crippen molar-refractivity contribution in [3.63, 3.8) is 0 Å². The van der Waals surface area contributed by atoms with Crippen LogP contribution in [0.4, 0.5) is 5.69 Å². The molecule has 86 valence electrons. The third kappa shape index (κ3) is 3.09. The maximum atomic E-state index is 11.8. The Hall–Kier alpha value is -1.31. The highest BCUT2D eigenvalue weighted by Crippen LogP contribution is 2.28. The zero-order chi connectivity index (χ0) is 11.4. The van der Waals surface area contributed by atoms with E-state index in [1.165, 1.54) is 25.7 Å². The van der Waals surface area contributed by atoms with E-state index in [-0.39, 0.29) is 0 Å². The van der Waals surface area contributed by atoms with Crippen molar-refractivity contribution in [2.45, 2.75) is 38.5 Å². The molecule has 1 saturated carbocycles. The van der Waals surface area contributed by atoms with Crippen molar-refractivity contribution in [2.24, 2.45) is 5.92 Å². The average Bonchev–Trinajstić information content (AvgIpc) is 2.70. The molecule has 1 aliphatic carbocycles. The monoisotopic (exact) mass is 217 g/mol. The molecule has 0 heterocycles. The van der Waals surface area contributed by atoms with Gasteiger partial charge in [-0.15, -0.1) is 0 Å². The molecule has 2 rings (SSSR count). The Balaban J connectivity index is 1.86. The highest BCUT2D eigenvalue weighted by molar-refractivity contribution is 5.81. The van der Waals surface area contributed by atoms with E-state index in [4.69, 9.17) is 5.73 Å². The van der Waals surface area contributed by atoms with Crippen LogP contribution in [0.15, 0.2) is 24.3 Å². The molecule has 0 aromatic heterocycles. The van der Waals surface area contributed by atoms with Crippen molar-refractivity contribution in [2.75, 3.05) is 5.73 Å². The zero-order valence-electron chi connectivity index (χ0n) is 9.61. The molecule has 1 aromatic carbocycles. The lowest BCUT2D eigenvalue weighted by Crippen LogP contribution is -2.08. The number of rotatable bonds is 4. The Bertz CT molecular complexity index is 367. The summed E-state index contributed by atoms with van der Waals surface area (Å²) in [5.74, 6) is 1.01. The first-order valence-electron chi connectivity index (χ1n) is 6.10. The largest absolute Gasteiger partial charge is 0.399 e. The molecule has 1 aliphatic rings. The molecule has 2 N–H and O–H groups in total. The minimum atomic E-state index is 0.359. The lowest BCUT2D eigenvalue weighted by molar-refractivity contribution is -0.119. The number of hydrogen-bond donors (Lipinski definition) is 1. The number of Topliss-reactive ketones (excluding diaryl/α,β-unsaturated/α-hetero) is 1. The molecule has 0 atom stereocenters. The van der Waals surface area contributed by atoms with Gasteiger partial charge in [-0.25, -0.2) is 0 Å². The summed E-state index contributed by atoms with van der Waals surface area (Å²) in [5.41, 5.74) is 7.47. The van der Waals surface area contributed by atoms with Gasteiger partial charge in [-0.2, -0.15) is 0 Å². The van der Waals surface area contributed by atoms with Crippen LogP contribution in [0, 0.1) is 5.92 Å². The molecule has 0 amide bonds. The number of benzene rings is 1. The molecular weight excluding hydrogens is 198 g/mol. The van der Waals surface area contributed by atoms with Crippen molar-refractivity contribution in [1.82, 2.24) is 0 Å². The van der Waals surface area contributed by atoms with E-state index >= 15 is 0 Å². The van der Waals surface area contributed by atoms with Crippen LogP contribution in [0.2, 0.25) is 0 Å². The van der Waals surface area contributed by atoms with E-state index in [2.05, 4.69) is 0 Å². The van der Waals surface area contributed by atoms with Gasteiger partial charge in [0.2, 0.25) is 0 Å². The number of carbonyl (C=O) groups is 1. The third-order valence-corrected chi connectivity index (χ3v) is 3.34. The van der Waals surface area contributed by atoms with Crippen molar-refractivity contribution in [3.8, 4) is 0 Å². The summed E-state index contributed by atoms with van der Waals surface area (Å²) < 4.78 is 0. The Morgan fingerprint density at radius 1 is 1.31 bits per heavy atom. The highest BCUT2D eigenvalue weighted by atomic mass is 16.1. The van der Waals surface area contributed by atoms with Gasteiger partial charge in [0.05, 0.1) is 0 Å². The van der Waals surface area contributed by atoms with Gasteiger partial charge in [0.25, 0.3) is 0 Å². The quantitative estimate of drug-likeness (QED) is 0.788. The van der Waals surface area contributed by atoms with E-state index in [1.54, 1.807) is 0 Å².